The van der Waals surface area contributed by atoms with Gasteiger partial charge < -0.3 is 24.2 Å². The van der Waals surface area contributed by atoms with Gasteiger partial charge in [-0.2, -0.15) is 0 Å². The normalized spacial score (nSPS) is 19.3. The summed E-state index contributed by atoms with van der Waals surface area (Å²) in [6, 6.07) is 5.36. The first-order valence-corrected chi connectivity index (χ1v) is 15.5. The van der Waals surface area contributed by atoms with E-state index in [9.17, 15) is 27.9 Å². The van der Waals surface area contributed by atoms with Crippen molar-refractivity contribution in [1.82, 2.24) is 14.3 Å². The molecule has 13 nitrogen and oxygen atoms in total. The number of hydrogen-bond donors (Lipinski definition) is 2. The highest BCUT2D eigenvalue weighted by Crippen LogP contribution is 2.37. The number of nitrogens with one attached hydrogen (secondary N) is 1. The molecule has 3 aliphatic rings. The molecule has 3 fully saturated rings. The van der Waals surface area contributed by atoms with Crippen LogP contribution in [0.2, 0.25) is 0 Å². The van der Waals surface area contributed by atoms with Gasteiger partial charge in [0.05, 0.1) is 29.6 Å². The minimum atomic E-state index is -3.47. The minimum Gasteiger partial charge on any atom is -0.477 e. The number of amides is 1. The zero-order chi connectivity index (χ0) is 30.6. The van der Waals surface area contributed by atoms with Gasteiger partial charge in [0.1, 0.15) is 23.1 Å². The fraction of sp³-hybridized carbons (Fsp3) is 0.407. The number of carbonyl (C=O) groups excluding carboxylic acids is 1. The van der Waals surface area contributed by atoms with Crippen LogP contribution in [-0.2, 0) is 14.8 Å². The SMILES string of the molecule is CS(=O)(=O)NC[C@H]1CN(c2ccc(N3CCN(c4nc5c(cc4F)c(=O)c(C(=O)O)cn5C4CC4)CC3)c(F)c2)C(=O)O1. The Balaban J connectivity index is 1.17. The van der Waals surface area contributed by atoms with Gasteiger partial charge in [-0.15, -0.1) is 0 Å². The topological polar surface area (TPSA) is 154 Å². The first-order valence-electron chi connectivity index (χ1n) is 13.6. The van der Waals surface area contributed by atoms with Crippen LogP contribution in [0, 0.1) is 11.6 Å². The summed E-state index contributed by atoms with van der Waals surface area (Å²) in [7, 11) is -3.47. The fourth-order valence-corrected chi connectivity index (χ4v) is 5.89. The summed E-state index contributed by atoms with van der Waals surface area (Å²) in [5, 5.41) is 9.35. The predicted molar refractivity (Wildman–Crippen MR) is 152 cm³/mol. The number of halogens is 2. The molecule has 228 valence electrons. The summed E-state index contributed by atoms with van der Waals surface area (Å²) in [6.07, 6.45) is 2.44. The van der Waals surface area contributed by atoms with Crippen LogP contribution in [0.5, 0.6) is 0 Å². The van der Waals surface area contributed by atoms with Crippen LogP contribution in [-0.4, -0.2) is 86.8 Å². The third-order valence-corrected chi connectivity index (χ3v) is 8.41. The number of piperazine rings is 1. The Morgan fingerprint density at radius 1 is 1.09 bits per heavy atom. The Bertz CT molecular complexity index is 1810. The molecule has 1 amide bonds. The van der Waals surface area contributed by atoms with E-state index in [4.69, 9.17) is 4.74 Å². The van der Waals surface area contributed by atoms with Crippen molar-refractivity contribution >= 4 is 50.3 Å². The zero-order valence-corrected chi connectivity index (χ0v) is 23.8. The van der Waals surface area contributed by atoms with E-state index in [1.165, 1.54) is 17.2 Å². The maximum atomic E-state index is 15.3. The second-order valence-corrected chi connectivity index (χ2v) is 12.7. The number of nitrogens with zero attached hydrogens (tertiary/aromatic N) is 5. The molecule has 1 saturated carbocycles. The molecule has 2 aromatic heterocycles. The maximum Gasteiger partial charge on any atom is 0.414 e. The molecule has 1 aromatic carbocycles. The third kappa shape index (κ3) is 5.71. The number of sulfonamides is 1. The molecule has 4 heterocycles. The van der Waals surface area contributed by atoms with Gasteiger partial charge in [-0.25, -0.2) is 36.5 Å². The molecule has 0 unspecified atom stereocenters. The highest BCUT2D eigenvalue weighted by molar-refractivity contribution is 7.88. The van der Waals surface area contributed by atoms with Gasteiger partial charge >= 0.3 is 12.1 Å². The lowest BCUT2D eigenvalue weighted by atomic mass is 10.1. The molecule has 1 aliphatic carbocycles. The van der Waals surface area contributed by atoms with Crippen molar-refractivity contribution in [2.75, 3.05) is 60.2 Å². The molecular weight excluding hydrogens is 590 g/mol. The molecule has 2 N–H and O–H groups in total. The molecule has 43 heavy (non-hydrogen) atoms. The van der Waals surface area contributed by atoms with E-state index in [1.54, 1.807) is 26.5 Å². The van der Waals surface area contributed by atoms with E-state index in [-0.39, 0.29) is 41.7 Å². The number of fused-ring (bicyclic) bond motifs is 1. The number of aromatic nitrogens is 2. The largest absolute Gasteiger partial charge is 0.477 e. The van der Waals surface area contributed by atoms with E-state index < -0.39 is 50.8 Å². The van der Waals surface area contributed by atoms with Gasteiger partial charge in [0.25, 0.3) is 0 Å². The first kappa shape index (κ1) is 28.8. The maximum absolute atomic E-state index is 15.3. The standard InChI is InChI=1S/C27H28F2N6O7S/c1-43(40,41)30-12-17-13-35(27(39)42-17)16-4-5-22(20(28)10-16)32-6-8-33(9-7-32)25-21(29)11-18-23(36)19(26(37)38)14-34(15-2-3-15)24(18)31-25/h4-5,10-11,14-15,17,30H,2-3,6-9,12-13H2,1H3,(H,37,38)/t17-/m0/s1. The number of ether oxygens (including phenoxy) is 1. The van der Waals surface area contributed by atoms with Crippen LogP contribution in [0.1, 0.15) is 29.2 Å². The highest BCUT2D eigenvalue weighted by atomic mass is 32.2. The lowest BCUT2D eigenvalue weighted by molar-refractivity contribution is 0.0694. The Morgan fingerprint density at radius 2 is 1.79 bits per heavy atom. The van der Waals surface area contributed by atoms with Crippen molar-refractivity contribution < 1.29 is 36.6 Å². The van der Waals surface area contributed by atoms with Crippen molar-refractivity contribution in [3.05, 3.63) is 57.9 Å². The Kier molecular flexibility index (Phi) is 7.20. The summed E-state index contributed by atoms with van der Waals surface area (Å²) < 4.78 is 62.3. The molecule has 6 rings (SSSR count). The lowest BCUT2D eigenvalue weighted by Crippen LogP contribution is -2.47. The van der Waals surface area contributed by atoms with Gasteiger partial charge in [-0.3, -0.25) is 9.69 Å². The molecule has 2 aliphatic heterocycles. The quantitative estimate of drug-likeness (QED) is 0.383. The van der Waals surface area contributed by atoms with E-state index in [1.807, 2.05) is 0 Å². The summed E-state index contributed by atoms with van der Waals surface area (Å²) in [6.45, 7) is 1.20. The lowest BCUT2D eigenvalue weighted by Gasteiger charge is -2.37. The Labute approximate surface area is 244 Å². The second kappa shape index (κ2) is 10.8. The number of rotatable bonds is 8. The number of aromatic carboxylic acids is 1. The predicted octanol–water partition coefficient (Wildman–Crippen LogP) is 1.91. The molecule has 2 saturated heterocycles. The number of cyclic esters (lactones) is 1. The molecule has 0 spiro atoms. The number of pyridine rings is 2. The molecule has 0 radical (unpaired) electrons. The fourth-order valence-electron chi connectivity index (χ4n) is 5.41. The van der Waals surface area contributed by atoms with Crippen molar-refractivity contribution in [3.8, 4) is 0 Å². The smallest absolute Gasteiger partial charge is 0.414 e. The molecule has 3 aromatic rings. The van der Waals surface area contributed by atoms with Gasteiger partial charge in [0.15, 0.2) is 11.6 Å². The zero-order valence-electron chi connectivity index (χ0n) is 23.0. The average molecular weight is 619 g/mol. The molecule has 0 bridgehead atoms. The summed E-state index contributed by atoms with van der Waals surface area (Å²) in [5.74, 6) is -2.67. The Hall–Kier alpha value is -4.31. The summed E-state index contributed by atoms with van der Waals surface area (Å²) in [5.41, 5.74) is -0.429. The molecule has 1 atom stereocenters. The third-order valence-electron chi connectivity index (χ3n) is 7.72. The van der Waals surface area contributed by atoms with Crippen LogP contribution in [0.3, 0.4) is 0 Å². The van der Waals surface area contributed by atoms with Crippen molar-refractivity contribution in [1.29, 1.82) is 0 Å². The number of carboxylic acids is 1. The summed E-state index contributed by atoms with van der Waals surface area (Å²) in [4.78, 5) is 45.8. The van der Waals surface area contributed by atoms with Gasteiger partial charge in [-0.1, -0.05) is 0 Å². The van der Waals surface area contributed by atoms with Crippen LogP contribution >= 0.6 is 0 Å². The first-order chi connectivity index (χ1) is 20.4. The molecular formula is C27H28F2N6O7S. The number of benzene rings is 1. The van der Waals surface area contributed by atoms with E-state index in [0.717, 1.165) is 25.2 Å². The monoisotopic (exact) mass is 618 g/mol. The number of hydrogen-bond acceptors (Lipinski definition) is 9. The van der Waals surface area contributed by atoms with Crippen molar-refractivity contribution in [2.45, 2.75) is 25.0 Å². The summed E-state index contributed by atoms with van der Waals surface area (Å²) >= 11 is 0. The van der Waals surface area contributed by atoms with Gasteiger partial charge in [-0.05, 0) is 37.1 Å². The van der Waals surface area contributed by atoms with Crippen molar-refractivity contribution in [3.63, 3.8) is 0 Å². The number of carbonyl (C=O) groups is 2. The van der Waals surface area contributed by atoms with E-state index in [0.29, 0.717) is 31.9 Å². The van der Waals surface area contributed by atoms with E-state index in [2.05, 4.69) is 9.71 Å². The van der Waals surface area contributed by atoms with Gasteiger partial charge in [0, 0.05) is 45.0 Å². The van der Waals surface area contributed by atoms with Crippen LogP contribution in [0.15, 0.2) is 35.3 Å². The number of carboxylic acid groups (broad SMARTS) is 1. The van der Waals surface area contributed by atoms with Crippen LogP contribution in [0.25, 0.3) is 11.0 Å². The van der Waals surface area contributed by atoms with Gasteiger partial charge in [0.2, 0.25) is 15.5 Å². The van der Waals surface area contributed by atoms with Crippen molar-refractivity contribution in [2.24, 2.45) is 0 Å². The van der Waals surface area contributed by atoms with Crippen LogP contribution in [0.4, 0.5) is 30.8 Å². The second-order valence-electron chi connectivity index (χ2n) is 10.8. The van der Waals surface area contributed by atoms with E-state index >= 15 is 8.78 Å². The average Bonchev–Trinajstić information content (AvgIpc) is 3.73. The Morgan fingerprint density at radius 3 is 2.42 bits per heavy atom. The highest BCUT2D eigenvalue weighted by Gasteiger charge is 2.34. The minimum absolute atomic E-state index is 0.00717. The van der Waals surface area contributed by atoms with Crippen LogP contribution < -0.4 is 24.9 Å². The molecule has 16 heteroatoms. The number of anilines is 3.